The molecule has 0 spiro atoms. The minimum Gasteiger partial charge on any atom is -0.350 e. The maximum absolute atomic E-state index is 11.6. The highest BCUT2D eigenvalue weighted by atomic mass is 79.9. The number of amides is 1. The first-order valence-corrected chi connectivity index (χ1v) is 5.78. The third-order valence-electron chi connectivity index (χ3n) is 2.74. The van der Waals surface area contributed by atoms with E-state index in [1.165, 1.54) is 12.8 Å². The van der Waals surface area contributed by atoms with Gasteiger partial charge in [-0.2, -0.15) is 0 Å². The Morgan fingerprint density at radius 1 is 1.60 bits per heavy atom. The number of nitrogens with one attached hydrogen (secondary N) is 1. The molecule has 2 rings (SSSR count). The quantitative estimate of drug-likeness (QED) is 0.915. The van der Waals surface area contributed by atoms with Crippen molar-refractivity contribution in [2.24, 2.45) is 5.41 Å². The van der Waals surface area contributed by atoms with Gasteiger partial charge in [-0.15, -0.1) is 0 Å². The van der Waals surface area contributed by atoms with Gasteiger partial charge in [-0.25, -0.2) is 4.98 Å². The van der Waals surface area contributed by atoms with Gasteiger partial charge < -0.3 is 5.32 Å². The van der Waals surface area contributed by atoms with Gasteiger partial charge in [-0.05, 0) is 46.3 Å². The topological polar surface area (TPSA) is 42.0 Å². The number of halogens is 1. The SMILES string of the molecule is CC1(CNC(=O)c2ccc(Br)cn2)CC1. The summed E-state index contributed by atoms with van der Waals surface area (Å²) >= 11 is 3.28. The van der Waals surface area contributed by atoms with Crippen molar-refractivity contribution >= 4 is 21.8 Å². The number of aromatic nitrogens is 1. The van der Waals surface area contributed by atoms with Crippen LogP contribution < -0.4 is 5.32 Å². The lowest BCUT2D eigenvalue weighted by Crippen LogP contribution is -2.29. The van der Waals surface area contributed by atoms with Crippen LogP contribution in [0.15, 0.2) is 22.8 Å². The van der Waals surface area contributed by atoms with Crippen molar-refractivity contribution in [1.82, 2.24) is 10.3 Å². The number of carbonyl (C=O) groups is 1. The third kappa shape index (κ3) is 2.78. The number of hydrogen-bond donors (Lipinski definition) is 1. The molecule has 1 aliphatic carbocycles. The highest BCUT2D eigenvalue weighted by Crippen LogP contribution is 2.44. The molecular formula is C11H13BrN2O. The van der Waals surface area contributed by atoms with Crippen molar-refractivity contribution in [3.05, 3.63) is 28.5 Å². The van der Waals surface area contributed by atoms with Gasteiger partial charge >= 0.3 is 0 Å². The van der Waals surface area contributed by atoms with E-state index in [1.54, 1.807) is 12.3 Å². The van der Waals surface area contributed by atoms with Crippen LogP contribution in [0.2, 0.25) is 0 Å². The molecule has 1 fully saturated rings. The maximum atomic E-state index is 11.6. The molecule has 0 aliphatic heterocycles. The fourth-order valence-electron chi connectivity index (χ4n) is 1.28. The zero-order valence-electron chi connectivity index (χ0n) is 8.59. The van der Waals surface area contributed by atoms with E-state index < -0.39 is 0 Å². The summed E-state index contributed by atoms with van der Waals surface area (Å²) in [5.74, 6) is -0.0874. The van der Waals surface area contributed by atoms with E-state index in [0.29, 0.717) is 11.1 Å². The van der Waals surface area contributed by atoms with Crippen LogP contribution in [0.4, 0.5) is 0 Å². The second-order valence-corrected chi connectivity index (χ2v) is 5.27. The molecule has 0 aromatic carbocycles. The fourth-order valence-corrected chi connectivity index (χ4v) is 1.52. The van der Waals surface area contributed by atoms with E-state index >= 15 is 0 Å². The molecule has 0 atom stereocenters. The summed E-state index contributed by atoms with van der Waals surface area (Å²) in [6.45, 7) is 2.94. The maximum Gasteiger partial charge on any atom is 0.269 e. The van der Waals surface area contributed by atoms with Crippen LogP contribution in [0.1, 0.15) is 30.3 Å². The fraction of sp³-hybridized carbons (Fsp3) is 0.455. The van der Waals surface area contributed by atoms with Crippen molar-refractivity contribution < 1.29 is 4.79 Å². The molecule has 80 valence electrons. The molecule has 1 aromatic rings. The highest BCUT2D eigenvalue weighted by Gasteiger charge is 2.37. The summed E-state index contributed by atoms with van der Waals surface area (Å²) < 4.78 is 0.883. The summed E-state index contributed by atoms with van der Waals surface area (Å²) in [5, 5.41) is 2.90. The molecule has 4 heteroatoms. The van der Waals surface area contributed by atoms with Gasteiger partial charge in [0.15, 0.2) is 0 Å². The van der Waals surface area contributed by atoms with Crippen LogP contribution in [0, 0.1) is 5.41 Å². The van der Waals surface area contributed by atoms with Gasteiger partial charge in [-0.3, -0.25) is 4.79 Å². The van der Waals surface area contributed by atoms with E-state index in [-0.39, 0.29) is 5.91 Å². The number of pyridine rings is 1. The zero-order chi connectivity index (χ0) is 10.9. The predicted molar refractivity (Wildman–Crippen MR) is 61.6 cm³/mol. The zero-order valence-corrected chi connectivity index (χ0v) is 10.2. The Balaban J connectivity index is 1.92. The van der Waals surface area contributed by atoms with Crippen molar-refractivity contribution in [3.63, 3.8) is 0 Å². The van der Waals surface area contributed by atoms with Crippen LogP contribution in [0.3, 0.4) is 0 Å². The Bertz CT molecular complexity index is 371. The molecule has 1 amide bonds. The number of nitrogens with zero attached hydrogens (tertiary/aromatic N) is 1. The van der Waals surface area contributed by atoms with Gasteiger partial charge in [0.1, 0.15) is 5.69 Å². The van der Waals surface area contributed by atoms with E-state index in [4.69, 9.17) is 0 Å². The van der Waals surface area contributed by atoms with Gasteiger partial charge in [0, 0.05) is 17.2 Å². The molecule has 0 radical (unpaired) electrons. The predicted octanol–water partition coefficient (Wildman–Crippen LogP) is 2.37. The number of carbonyl (C=O) groups excluding carboxylic acids is 1. The molecule has 3 nitrogen and oxygen atoms in total. The first-order chi connectivity index (χ1) is 7.09. The molecule has 1 saturated carbocycles. The smallest absolute Gasteiger partial charge is 0.269 e. The summed E-state index contributed by atoms with van der Waals surface area (Å²) in [6.07, 6.45) is 4.05. The normalized spacial score (nSPS) is 17.2. The van der Waals surface area contributed by atoms with Crippen molar-refractivity contribution in [2.75, 3.05) is 6.54 Å². The van der Waals surface area contributed by atoms with Crippen LogP contribution in [0.5, 0.6) is 0 Å². The lowest BCUT2D eigenvalue weighted by molar-refractivity contribution is 0.0941. The largest absolute Gasteiger partial charge is 0.350 e. The van der Waals surface area contributed by atoms with Gasteiger partial charge in [0.2, 0.25) is 0 Å². The number of rotatable bonds is 3. The van der Waals surface area contributed by atoms with Crippen molar-refractivity contribution in [3.8, 4) is 0 Å². The lowest BCUT2D eigenvalue weighted by Gasteiger charge is -2.09. The average molecular weight is 269 g/mol. The van der Waals surface area contributed by atoms with Crippen LogP contribution in [-0.4, -0.2) is 17.4 Å². The Morgan fingerprint density at radius 2 is 2.33 bits per heavy atom. The lowest BCUT2D eigenvalue weighted by atomic mass is 10.1. The summed E-state index contributed by atoms with van der Waals surface area (Å²) in [5.41, 5.74) is 0.813. The molecule has 0 saturated heterocycles. The standard InChI is InChI=1S/C11H13BrN2O/c1-11(4-5-11)7-14-10(15)9-3-2-8(12)6-13-9/h2-3,6H,4-5,7H2,1H3,(H,14,15). The van der Waals surface area contributed by atoms with Crippen molar-refractivity contribution in [1.29, 1.82) is 0 Å². The Labute approximate surface area is 97.4 Å². The van der Waals surface area contributed by atoms with E-state index in [0.717, 1.165) is 11.0 Å². The Hall–Kier alpha value is -0.900. The molecule has 0 bridgehead atoms. The second kappa shape index (κ2) is 3.93. The van der Waals surface area contributed by atoms with Gasteiger partial charge in [0.05, 0.1) is 0 Å². The third-order valence-corrected chi connectivity index (χ3v) is 3.21. The Kier molecular flexibility index (Phi) is 2.78. The van der Waals surface area contributed by atoms with Crippen molar-refractivity contribution in [2.45, 2.75) is 19.8 Å². The number of hydrogen-bond acceptors (Lipinski definition) is 2. The summed E-state index contributed by atoms with van der Waals surface area (Å²) in [7, 11) is 0. The Morgan fingerprint density at radius 3 is 2.87 bits per heavy atom. The molecule has 15 heavy (non-hydrogen) atoms. The molecule has 1 N–H and O–H groups in total. The molecule has 1 aliphatic rings. The first-order valence-electron chi connectivity index (χ1n) is 4.99. The molecule has 0 unspecified atom stereocenters. The highest BCUT2D eigenvalue weighted by molar-refractivity contribution is 9.10. The van der Waals surface area contributed by atoms with Crippen LogP contribution in [0.25, 0.3) is 0 Å². The van der Waals surface area contributed by atoms with Crippen LogP contribution in [-0.2, 0) is 0 Å². The van der Waals surface area contributed by atoms with E-state index in [9.17, 15) is 4.79 Å². The minimum absolute atomic E-state index is 0.0874. The first kappa shape index (κ1) is 10.6. The molecule has 1 aromatic heterocycles. The van der Waals surface area contributed by atoms with E-state index in [1.807, 2.05) is 6.07 Å². The van der Waals surface area contributed by atoms with Gasteiger partial charge in [-0.1, -0.05) is 6.92 Å². The average Bonchev–Trinajstić information content (AvgIpc) is 2.95. The van der Waals surface area contributed by atoms with E-state index in [2.05, 4.69) is 33.2 Å². The monoisotopic (exact) mass is 268 g/mol. The molecular weight excluding hydrogens is 256 g/mol. The summed E-state index contributed by atoms with van der Waals surface area (Å²) in [4.78, 5) is 15.7. The summed E-state index contributed by atoms with van der Waals surface area (Å²) in [6, 6.07) is 3.54. The second-order valence-electron chi connectivity index (χ2n) is 4.35. The minimum atomic E-state index is -0.0874. The van der Waals surface area contributed by atoms with Gasteiger partial charge in [0.25, 0.3) is 5.91 Å². The molecule has 1 heterocycles. The van der Waals surface area contributed by atoms with Crippen LogP contribution >= 0.6 is 15.9 Å².